The molecular formula is C10H12O5. The Morgan fingerprint density at radius 3 is 1.93 bits per heavy atom. The highest BCUT2D eigenvalue weighted by Gasteiger charge is 2.32. The number of carbonyl (C=O) groups is 2. The van der Waals surface area contributed by atoms with Crippen LogP contribution >= 0.6 is 0 Å². The minimum absolute atomic E-state index is 0.0883. The highest BCUT2D eigenvalue weighted by molar-refractivity contribution is 6.48. The molecule has 1 rings (SSSR count). The monoisotopic (exact) mass is 212 g/mol. The van der Waals surface area contributed by atoms with Gasteiger partial charge in [-0.05, 0) is 13.8 Å². The van der Waals surface area contributed by atoms with Crippen LogP contribution in [0.25, 0.3) is 0 Å². The van der Waals surface area contributed by atoms with Crippen LogP contribution < -0.4 is 0 Å². The van der Waals surface area contributed by atoms with Gasteiger partial charge in [-0.2, -0.15) is 0 Å². The van der Waals surface area contributed by atoms with Gasteiger partial charge in [0, 0.05) is 17.2 Å². The van der Waals surface area contributed by atoms with Crippen LogP contribution in [-0.4, -0.2) is 39.1 Å². The molecule has 0 amide bonds. The second-order valence-corrected chi connectivity index (χ2v) is 3.40. The standard InChI is InChI=1S/C10H12O5/c1-4(11)8-6(13)3-7(14)10(15)9(8)5(2)12/h3-5,11-13H,1-2H3. The largest absolute Gasteiger partial charge is 0.507 e. The fraction of sp³-hybridized carbons (Fsp3) is 0.400. The van der Waals surface area contributed by atoms with E-state index in [9.17, 15) is 24.9 Å². The predicted molar refractivity (Wildman–Crippen MR) is 51.1 cm³/mol. The van der Waals surface area contributed by atoms with Crippen LogP contribution in [0.1, 0.15) is 13.8 Å². The van der Waals surface area contributed by atoms with Crippen molar-refractivity contribution >= 4 is 11.6 Å². The van der Waals surface area contributed by atoms with Gasteiger partial charge >= 0.3 is 0 Å². The first kappa shape index (κ1) is 11.6. The highest BCUT2D eigenvalue weighted by atomic mass is 16.3. The number of aliphatic hydroxyl groups excluding tert-OH is 3. The Labute approximate surface area is 86.3 Å². The molecule has 15 heavy (non-hydrogen) atoms. The smallest absolute Gasteiger partial charge is 0.232 e. The third-order valence-electron chi connectivity index (χ3n) is 2.14. The summed E-state index contributed by atoms with van der Waals surface area (Å²) in [5.41, 5.74) is -0.329. The van der Waals surface area contributed by atoms with Crippen molar-refractivity contribution in [3.05, 3.63) is 23.0 Å². The molecule has 0 saturated heterocycles. The molecule has 0 spiro atoms. The normalized spacial score (nSPS) is 21.5. The molecule has 2 unspecified atom stereocenters. The van der Waals surface area contributed by atoms with Gasteiger partial charge in [-0.15, -0.1) is 0 Å². The molecule has 0 aromatic heterocycles. The zero-order valence-electron chi connectivity index (χ0n) is 8.39. The van der Waals surface area contributed by atoms with E-state index in [0.717, 1.165) is 6.08 Å². The number of hydrogen-bond donors (Lipinski definition) is 3. The van der Waals surface area contributed by atoms with E-state index in [-0.39, 0.29) is 11.1 Å². The number of carbonyl (C=O) groups excluding carboxylic acids is 2. The van der Waals surface area contributed by atoms with Gasteiger partial charge in [-0.1, -0.05) is 0 Å². The van der Waals surface area contributed by atoms with E-state index in [2.05, 4.69) is 0 Å². The molecule has 5 heteroatoms. The summed E-state index contributed by atoms with van der Waals surface area (Å²) < 4.78 is 0. The van der Waals surface area contributed by atoms with Crippen molar-refractivity contribution in [1.82, 2.24) is 0 Å². The van der Waals surface area contributed by atoms with Gasteiger partial charge < -0.3 is 15.3 Å². The molecule has 0 fully saturated rings. The fourth-order valence-electron chi connectivity index (χ4n) is 1.51. The summed E-state index contributed by atoms with van der Waals surface area (Å²) in [7, 11) is 0. The van der Waals surface area contributed by atoms with Crippen molar-refractivity contribution in [2.75, 3.05) is 0 Å². The second-order valence-electron chi connectivity index (χ2n) is 3.40. The molecule has 3 N–H and O–H groups in total. The lowest BCUT2D eigenvalue weighted by atomic mass is 9.88. The van der Waals surface area contributed by atoms with E-state index < -0.39 is 29.5 Å². The van der Waals surface area contributed by atoms with Crippen LogP contribution in [0.3, 0.4) is 0 Å². The van der Waals surface area contributed by atoms with Crippen LogP contribution in [0.2, 0.25) is 0 Å². The third-order valence-corrected chi connectivity index (χ3v) is 2.14. The van der Waals surface area contributed by atoms with Crippen molar-refractivity contribution in [3.8, 4) is 0 Å². The van der Waals surface area contributed by atoms with Crippen LogP contribution in [-0.2, 0) is 9.59 Å². The molecule has 0 radical (unpaired) electrons. The summed E-state index contributed by atoms with van der Waals surface area (Å²) >= 11 is 0. The van der Waals surface area contributed by atoms with Crippen LogP contribution in [0.4, 0.5) is 0 Å². The highest BCUT2D eigenvalue weighted by Crippen LogP contribution is 2.25. The van der Waals surface area contributed by atoms with Gasteiger partial charge in [0.15, 0.2) is 0 Å². The lowest BCUT2D eigenvalue weighted by Crippen LogP contribution is -2.30. The lowest BCUT2D eigenvalue weighted by Gasteiger charge is -2.20. The van der Waals surface area contributed by atoms with Crippen molar-refractivity contribution in [1.29, 1.82) is 0 Å². The Hall–Kier alpha value is -1.46. The first-order chi connectivity index (χ1) is 6.86. The van der Waals surface area contributed by atoms with Crippen molar-refractivity contribution in [3.63, 3.8) is 0 Å². The number of hydrogen-bond acceptors (Lipinski definition) is 5. The molecule has 0 heterocycles. The minimum Gasteiger partial charge on any atom is -0.507 e. The fourth-order valence-corrected chi connectivity index (χ4v) is 1.51. The molecule has 82 valence electrons. The summed E-state index contributed by atoms with van der Waals surface area (Å²) in [5.74, 6) is -2.25. The summed E-state index contributed by atoms with van der Waals surface area (Å²) in [6, 6.07) is 0. The Balaban J connectivity index is 3.39. The van der Waals surface area contributed by atoms with Gasteiger partial charge in [0.1, 0.15) is 5.76 Å². The maximum Gasteiger partial charge on any atom is 0.232 e. The molecular weight excluding hydrogens is 200 g/mol. The molecule has 5 nitrogen and oxygen atoms in total. The van der Waals surface area contributed by atoms with E-state index in [1.165, 1.54) is 13.8 Å². The van der Waals surface area contributed by atoms with E-state index >= 15 is 0 Å². The van der Waals surface area contributed by atoms with Crippen LogP contribution in [0.15, 0.2) is 23.0 Å². The van der Waals surface area contributed by atoms with E-state index in [1.54, 1.807) is 0 Å². The van der Waals surface area contributed by atoms with Crippen molar-refractivity contribution in [2.45, 2.75) is 26.1 Å². The van der Waals surface area contributed by atoms with E-state index in [1.807, 2.05) is 0 Å². The topological polar surface area (TPSA) is 94.8 Å². The third kappa shape index (κ3) is 1.98. The molecule has 0 saturated carbocycles. The van der Waals surface area contributed by atoms with Gasteiger partial charge in [0.05, 0.1) is 12.2 Å². The molecule has 1 aliphatic carbocycles. The zero-order valence-corrected chi connectivity index (χ0v) is 8.39. The second kappa shape index (κ2) is 3.96. The first-order valence-corrected chi connectivity index (χ1v) is 4.46. The van der Waals surface area contributed by atoms with Gasteiger partial charge in [-0.3, -0.25) is 9.59 Å². The molecule has 0 aromatic carbocycles. The molecule has 0 bridgehead atoms. The lowest BCUT2D eigenvalue weighted by molar-refractivity contribution is -0.132. The van der Waals surface area contributed by atoms with Gasteiger partial charge in [-0.25, -0.2) is 0 Å². The first-order valence-electron chi connectivity index (χ1n) is 4.46. The Kier molecular flexibility index (Phi) is 3.06. The van der Waals surface area contributed by atoms with E-state index in [4.69, 9.17) is 0 Å². The number of ketones is 2. The number of rotatable bonds is 2. The SMILES string of the molecule is CC(O)C1=C(C(C)O)C(O)=CC(=O)C1=O. The number of aliphatic hydroxyl groups is 3. The predicted octanol–water partition coefficient (Wildman–Crippen LogP) is -0.362. The molecule has 0 aromatic rings. The maximum atomic E-state index is 11.4. The van der Waals surface area contributed by atoms with Crippen LogP contribution in [0, 0.1) is 0 Å². The average Bonchev–Trinajstić information content (AvgIpc) is 2.09. The van der Waals surface area contributed by atoms with Crippen molar-refractivity contribution in [2.24, 2.45) is 0 Å². The Morgan fingerprint density at radius 2 is 1.53 bits per heavy atom. The minimum atomic E-state index is -1.21. The molecule has 1 aliphatic rings. The summed E-state index contributed by atoms with van der Waals surface area (Å²) in [4.78, 5) is 22.5. The number of Topliss-reactive ketones (excluding diaryl/α,β-unsaturated/α-hetero) is 1. The summed E-state index contributed by atoms with van der Waals surface area (Å²) in [6.07, 6.45) is -1.58. The van der Waals surface area contributed by atoms with Crippen LogP contribution in [0.5, 0.6) is 0 Å². The average molecular weight is 212 g/mol. The van der Waals surface area contributed by atoms with Gasteiger partial charge in [0.2, 0.25) is 11.6 Å². The molecule has 2 atom stereocenters. The quantitative estimate of drug-likeness (QED) is 0.429. The molecule has 0 aliphatic heterocycles. The Bertz CT molecular complexity index is 373. The maximum absolute atomic E-state index is 11.4. The summed E-state index contributed by atoms with van der Waals surface area (Å²) in [5, 5.41) is 28.1. The Morgan fingerprint density at radius 1 is 1.07 bits per heavy atom. The summed E-state index contributed by atoms with van der Waals surface area (Å²) in [6.45, 7) is 2.63. The zero-order chi connectivity index (χ0) is 11.7. The van der Waals surface area contributed by atoms with E-state index in [0.29, 0.717) is 0 Å². The van der Waals surface area contributed by atoms with Gasteiger partial charge in [0.25, 0.3) is 0 Å². The van der Waals surface area contributed by atoms with Crippen molar-refractivity contribution < 1.29 is 24.9 Å². The number of allylic oxidation sites excluding steroid dienone is 1.